The lowest BCUT2D eigenvalue weighted by Crippen LogP contribution is -2.49. The molecule has 2 aliphatic heterocycles. The summed E-state index contributed by atoms with van der Waals surface area (Å²) in [7, 11) is -2.41. The van der Waals surface area contributed by atoms with E-state index in [1.807, 2.05) is 12.1 Å². The first kappa shape index (κ1) is 27.8. The van der Waals surface area contributed by atoms with Crippen LogP contribution in [0.1, 0.15) is 46.6 Å². The van der Waals surface area contributed by atoms with E-state index in [1.54, 1.807) is 0 Å². The number of aromatic nitrogens is 3. The summed E-state index contributed by atoms with van der Waals surface area (Å²) in [5.41, 5.74) is -0.208. The lowest BCUT2D eigenvalue weighted by Gasteiger charge is -2.33. The van der Waals surface area contributed by atoms with Gasteiger partial charge in [0.15, 0.2) is 9.84 Å². The van der Waals surface area contributed by atoms with Crippen LogP contribution in [0.5, 0.6) is 0 Å². The van der Waals surface area contributed by atoms with E-state index in [1.165, 1.54) is 11.9 Å². The molecule has 0 unspecified atom stereocenters. The van der Waals surface area contributed by atoms with Gasteiger partial charge in [0, 0.05) is 51.4 Å². The van der Waals surface area contributed by atoms with E-state index in [0.717, 1.165) is 50.1 Å². The number of carbonyl (C=O) groups is 1. The van der Waals surface area contributed by atoms with E-state index >= 15 is 0 Å². The van der Waals surface area contributed by atoms with Crippen molar-refractivity contribution in [1.29, 1.82) is 0 Å². The number of alkyl halides is 3. The molecular weight excluding hydrogens is 579 g/mol. The summed E-state index contributed by atoms with van der Waals surface area (Å²) in [6.45, 7) is 4.58. The van der Waals surface area contributed by atoms with E-state index in [4.69, 9.17) is 4.98 Å². The molecule has 10 nitrogen and oxygen atoms in total. The first-order chi connectivity index (χ1) is 19.4. The van der Waals surface area contributed by atoms with Crippen LogP contribution < -0.4 is 15.5 Å². The van der Waals surface area contributed by atoms with Gasteiger partial charge in [-0.3, -0.25) is 4.79 Å². The first-order valence-electron chi connectivity index (χ1n) is 13.2. The third-order valence-corrected chi connectivity index (χ3v) is 10.4. The number of hydrogen-bond acceptors (Lipinski definition) is 10. The fraction of sp³-hybridized carbons (Fsp3) is 0.462. The SMILES string of the molecule is C[C@@H]1CN(c2ccc(Nc3ncc(C(F)(F)F)c(-c4cc5c(s4)C(=O)N(C)CCS5(=O)=O)n3)c(C3CC3)n2)CCN1. The highest BCUT2D eigenvalue weighted by molar-refractivity contribution is 7.91. The Bertz CT molecular complexity index is 1620. The number of anilines is 3. The van der Waals surface area contributed by atoms with Crippen LogP contribution in [0.4, 0.5) is 30.6 Å². The molecule has 1 amide bonds. The number of sulfone groups is 1. The molecule has 0 radical (unpaired) electrons. The van der Waals surface area contributed by atoms with Crippen LogP contribution in [0.25, 0.3) is 10.6 Å². The summed E-state index contributed by atoms with van der Waals surface area (Å²) in [5, 5.41) is 6.46. The van der Waals surface area contributed by atoms with Gasteiger partial charge in [-0.25, -0.2) is 23.4 Å². The molecule has 0 bridgehead atoms. The molecule has 1 aliphatic carbocycles. The molecular formula is C26H28F3N7O3S2. The highest BCUT2D eigenvalue weighted by atomic mass is 32.2. The fourth-order valence-electron chi connectivity index (χ4n) is 5.03. The second-order valence-electron chi connectivity index (χ2n) is 10.6. The Morgan fingerprint density at radius 2 is 1.95 bits per heavy atom. The van der Waals surface area contributed by atoms with Gasteiger partial charge in [-0.15, -0.1) is 11.3 Å². The van der Waals surface area contributed by atoms with Gasteiger partial charge >= 0.3 is 6.18 Å². The zero-order valence-electron chi connectivity index (χ0n) is 22.3. The number of carbonyl (C=O) groups excluding carboxylic acids is 1. The number of nitrogens with one attached hydrogen (secondary N) is 2. The van der Waals surface area contributed by atoms with Gasteiger partial charge in [-0.2, -0.15) is 13.2 Å². The number of fused-ring (bicyclic) bond motifs is 1. The largest absolute Gasteiger partial charge is 0.420 e. The van der Waals surface area contributed by atoms with Crippen molar-refractivity contribution >= 4 is 44.5 Å². The van der Waals surface area contributed by atoms with Crippen LogP contribution in [0.2, 0.25) is 0 Å². The highest BCUT2D eigenvalue weighted by Crippen LogP contribution is 2.45. The van der Waals surface area contributed by atoms with Crippen molar-refractivity contribution in [3.63, 3.8) is 0 Å². The molecule has 41 heavy (non-hydrogen) atoms. The Balaban J connectivity index is 1.39. The summed E-state index contributed by atoms with van der Waals surface area (Å²) >= 11 is 0.686. The number of amides is 1. The lowest BCUT2D eigenvalue weighted by atomic mass is 10.2. The van der Waals surface area contributed by atoms with Crippen molar-refractivity contribution in [3.05, 3.63) is 40.5 Å². The van der Waals surface area contributed by atoms with Gasteiger partial charge in [0.05, 0.1) is 32.6 Å². The average Bonchev–Trinajstić information content (AvgIpc) is 3.68. The van der Waals surface area contributed by atoms with Crippen LogP contribution >= 0.6 is 11.3 Å². The molecule has 3 aromatic heterocycles. The van der Waals surface area contributed by atoms with Gasteiger partial charge in [0.25, 0.3) is 5.91 Å². The Morgan fingerprint density at radius 3 is 2.66 bits per heavy atom. The molecule has 0 spiro atoms. The van der Waals surface area contributed by atoms with Crippen molar-refractivity contribution in [2.24, 2.45) is 0 Å². The average molecular weight is 608 g/mol. The molecule has 15 heteroatoms. The zero-order valence-corrected chi connectivity index (χ0v) is 24.0. The lowest BCUT2D eigenvalue weighted by molar-refractivity contribution is -0.137. The fourth-order valence-corrected chi connectivity index (χ4v) is 8.06. The monoisotopic (exact) mass is 607 g/mol. The van der Waals surface area contributed by atoms with E-state index in [2.05, 4.69) is 32.4 Å². The van der Waals surface area contributed by atoms with Crippen molar-refractivity contribution in [2.75, 3.05) is 49.2 Å². The molecule has 3 aromatic rings. The third-order valence-electron chi connectivity index (χ3n) is 7.41. The van der Waals surface area contributed by atoms with Gasteiger partial charge in [-0.1, -0.05) is 0 Å². The Kier molecular flexibility index (Phi) is 6.93. The molecule has 1 saturated heterocycles. The van der Waals surface area contributed by atoms with Crippen LogP contribution in [-0.2, 0) is 16.0 Å². The molecule has 2 N–H and O–H groups in total. The van der Waals surface area contributed by atoms with Gasteiger partial charge in [-0.05, 0) is 38.0 Å². The maximum Gasteiger partial charge on any atom is 0.420 e. The topological polar surface area (TPSA) is 120 Å². The van der Waals surface area contributed by atoms with Crippen LogP contribution in [0, 0.1) is 0 Å². The molecule has 3 aliphatic rings. The van der Waals surface area contributed by atoms with E-state index in [-0.39, 0.29) is 38.8 Å². The van der Waals surface area contributed by atoms with Gasteiger partial charge < -0.3 is 20.4 Å². The minimum Gasteiger partial charge on any atom is -0.354 e. The summed E-state index contributed by atoms with van der Waals surface area (Å²) < 4.78 is 67.8. The predicted molar refractivity (Wildman–Crippen MR) is 149 cm³/mol. The van der Waals surface area contributed by atoms with Crippen LogP contribution in [0.15, 0.2) is 29.3 Å². The number of halogens is 3. The molecule has 1 saturated carbocycles. The maximum absolute atomic E-state index is 14.1. The number of hydrogen-bond donors (Lipinski definition) is 2. The number of thiophene rings is 1. The predicted octanol–water partition coefficient (Wildman–Crippen LogP) is 3.90. The van der Waals surface area contributed by atoms with Crippen LogP contribution in [-0.4, -0.2) is 79.2 Å². The Morgan fingerprint density at radius 1 is 1.17 bits per heavy atom. The smallest absolute Gasteiger partial charge is 0.354 e. The minimum absolute atomic E-state index is 0.00287. The van der Waals surface area contributed by atoms with E-state index < -0.39 is 33.2 Å². The first-order valence-corrected chi connectivity index (χ1v) is 15.7. The quantitative estimate of drug-likeness (QED) is 0.445. The van der Waals surface area contributed by atoms with Crippen molar-refractivity contribution < 1.29 is 26.4 Å². The van der Waals surface area contributed by atoms with Crippen molar-refractivity contribution in [3.8, 4) is 10.6 Å². The normalized spacial score (nSPS) is 21.0. The number of pyridine rings is 1. The summed E-state index contributed by atoms with van der Waals surface area (Å²) in [4.78, 5) is 28.9. The van der Waals surface area contributed by atoms with Gasteiger partial charge in [0.1, 0.15) is 16.3 Å². The van der Waals surface area contributed by atoms with Crippen molar-refractivity contribution in [2.45, 2.75) is 42.8 Å². The van der Waals surface area contributed by atoms with E-state index in [0.29, 0.717) is 29.3 Å². The summed E-state index contributed by atoms with van der Waals surface area (Å²) in [6, 6.07) is 5.16. The van der Waals surface area contributed by atoms with Crippen LogP contribution in [0.3, 0.4) is 0 Å². The minimum atomic E-state index is -4.81. The number of nitrogens with zero attached hydrogens (tertiary/aromatic N) is 5. The van der Waals surface area contributed by atoms with Gasteiger partial charge in [0.2, 0.25) is 5.95 Å². The maximum atomic E-state index is 14.1. The summed E-state index contributed by atoms with van der Waals surface area (Å²) in [6.07, 6.45) is -2.21. The molecule has 218 valence electrons. The molecule has 2 fully saturated rings. The highest BCUT2D eigenvalue weighted by Gasteiger charge is 2.38. The molecule has 1 atom stereocenters. The molecule has 5 heterocycles. The zero-order chi connectivity index (χ0) is 29.1. The number of rotatable bonds is 5. The van der Waals surface area contributed by atoms with E-state index in [9.17, 15) is 26.4 Å². The van der Waals surface area contributed by atoms with Crippen molar-refractivity contribution in [1.82, 2.24) is 25.2 Å². The second kappa shape index (κ2) is 10.2. The third kappa shape index (κ3) is 5.49. The second-order valence-corrected chi connectivity index (χ2v) is 13.7. The Labute approximate surface area is 238 Å². The summed E-state index contributed by atoms with van der Waals surface area (Å²) in [5.74, 6) is 0.108. The standard InChI is InChI=1S/C26H28F3N7O3S2/c1-14-13-36(8-7-30-14)20-6-5-17(21(33-20)15-3-4-15)32-25-31-12-16(26(27,28)29)22(34-25)18-11-19-23(40-18)24(37)35(2)9-10-41(19,38)39/h5-6,11-12,14-15,30H,3-4,7-10,13H2,1-2H3,(H,31,32,34)/t14-/m1/s1. The number of piperazine rings is 1. The molecule has 0 aromatic carbocycles. The molecule has 6 rings (SSSR count). The Hall–Kier alpha value is -3.30.